The largest absolute Gasteiger partial charge is 0.372 e. The summed E-state index contributed by atoms with van der Waals surface area (Å²) in [6.45, 7) is 3.09. The molecule has 2 saturated heterocycles. The Labute approximate surface area is 133 Å². The molecule has 1 aromatic rings. The third-order valence-electron chi connectivity index (χ3n) is 4.14. The van der Waals surface area contributed by atoms with E-state index in [4.69, 9.17) is 10.5 Å². The lowest BCUT2D eigenvalue weighted by Crippen LogP contribution is -2.45. The van der Waals surface area contributed by atoms with Crippen molar-refractivity contribution in [2.24, 2.45) is 5.73 Å². The van der Waals surface area contributed by atoms with E-state index in [1.54, 1.807) is 10.4 Å². The van der Waals surface area contributed by atoms with E-state index in [0.717, 1.165) is 24.0 Å². The molecule has 2 aliphatic rings. The third kappa shape index (κ3) is 2.77. The number of sulfonamides is 1. The second-order valence-electron chi connectivity index (χ2n) is 5.71. The summed E-state index contributed by atoms with van der Waals surface area (Å²) in [6.07, 6.45) is 1.96. The summed E-state index contributed by atoms with van der Waals surface area (Å²) in [7, 11) is -3.52. The molecular formula is C14H19BrN2O3S. The van der Waals surface area contributed by atoms with Crippen LogP contribution in [0.4, 0.5) is 0 Å². The van der Waals surface area contributed by atoms with Gasteiger partial charge in [0.2, 0.25) is 10.0 Å². The van der Waals surface area contributed by atoms with Gasteiger partial charge in [0.15, 0.2) is 0 Å². The molecule has 0 amide bonds. The zero-order valence-electron chi connectivity index (χ0n) is 11.9. The van der Waals surface area contributed by atoms with Crippen molar-refractivity contribution in [3.63, 3.8) is 0 Å². The summed E-state index contributed by atoms with van der Waals surface area (Å²) in [5, 5.41) is 0. The molecule has 116 valence electrons. The Morgan fingerprint density at radius 3 is 2.52 bits per heavy atom. The number of hydrogen-bond donors (Lipinski definition) is 1. The number of morpholine rings is 1. The zero-order valence-corrected chi connectivity index (χ0v) is 14.3. The highest BCUT2D eigenvalue weighted by Gasteiger charge is 2.40. The van der Waals surface area contributed by atoms with E-state index in [1.807, 2.05) is 13.0 Å². The summed E-state index contributed by atoms with van der Waals surface area (Å²) in [5.74, 6) is 0. The van der Waals surface area contributed by atoms with Crippen molar-refractivity contribution >= 4 is 26.0 Å². The number of aryl methyl sites for hydroxylation is 1. The van der Waals surface area contributed by atoms with Gasteiger partial charge in [-0.15, -0.1) is 0 Å². The summed E-state index contributed by atoms with van der Waals surface area (Å²) in [6, 6.07) is 3.58. The van der Waals surface area contributed by atoms with Crippen LogP contribution in [-0.2, 0) is 21.3 Å². The van der Waals surface area contributed by atoms with Crippen LogP contribution >= 0.6 is 15.9 Å². The maximum absolute atomic E-state index is 12.9. The number of nitrogens with zero attached hydrogens (tertiary/aromatic N) is 1. The molecule has 2 heterocycles. The molecule has 0 aromatic heterocycles. The van der Waals surface area contributed by atoms with E-state index in [0.29, 0.717) is 29.0 Å². The number of fused-ring (bicyclic) bond motifs is 2. The van der Waals surface area contributed by atoms with Gasteiger partial charge in [-0.2, -0.15) is 4.31 Å². The molecule has 3 rings (SSSR count). The first kappa shape index (κ1) is 15.4. The lowest BCUT2D eigenvalue weighted by Gasteiger charge is -2.31. The van der Waals surface area contributed by atoms with E-state index in [1.165, 1.54) is 0 Å². The SMILES string of the molecule is Cc1cc(CN)cc(S(=O)(=O)N2CC3CCC(C2)O3)c1Br. The lowest BCUT2D eigenvalue weighted by molar-refractivity contribution is -0.0114. The van der Waals surface area contributed by atoms with Crippen molar-refractivity contribution in [3.05, 3.63) is 27.7 Å². The number of nitrogens with two attached hydrogens (primary N) is 1. The van der Waals surface area contributed by atoms with Gasteiger partial charge in [0.1, 0.15) is 0 Å². The van der Waals surface area contributed by atoms with Crippen molar-refractivity contribution < 1.29 is 13.2 Å². The number of benzene rings is 1. The number of hydrogen-bond acceptors (Lipinski definition) is 4. The molecular weight excluding hydrogens is 356 g/mol. The van der Waals surface area contributed by atoms with E-state index >= 15 is 0 Å². The topological polar surface area (TPSA) is 72.6 Å². The average molecular weight is 375 g/mol. The van der Waals surface area contributed by atoms with Gasteiger partial charge in [0.05, 0.1) is 17.1 Å². The molecule has 5 nitrogen and oxygen atoms in total. The smallest absolute Gasteiger partial charge is 0.244 e. The van der Waals surface area contributed by atoms with Crippen LogP contribution in [0.2, 0.25) is 0 Å². The fourth-order valence-electron chi connectivity index (χ4n) is 3.03. The molecule has 2 unspecified atom stereocenters. The van der Waals surface area contributed by atoms with Crippen molar-refractivity contribution in [3.8, 4) is 0 Å². The number of halogens is 1. The van der Waals surface area contributed by atoms with Crippen LogP contribution in [-0.4, -0.2) is 38.0 Å². The van der Waals surface area contributed by atoms with Crippen LogP contribution < -0.4 is 5.73 Å². The van der Waals surface area contributed by atoms with Gasteiger partial charge < -0.3 is 10.5 Å². The number of rotatable bonds is 3. The molecule has 0 spiro atoms. The molecule has 0 aliphatic carbocycles. The first-order valence-corrected chi connectivity index (χ1v) is 9.30. The van der Waals surface area contributed by atoms with Crippen molar-refractivity contribution in [2.45, 2.75) is 43.4 Å². The minimum atomic E-state index is -3.52. The van der Waals surface area contributed by atoms with Gasteiger partial charge >= 0.3 is 0 Å². The van der Waals surface area contributed by atoms with Gasteiger partial charge in [0.25, 0.3) is 0 Å². The normalized spacial score (nSPS) is 26.2. The van der Waals surface area contributed by atoms with Crippen LogP contribution in [0, 0.1) is 6.92 Å². The predicted molar refractivity (Wildman–Crippen MR) is 83.4 cm³/mol. The highest BCUT2D eigenvalue weighted by Crippen LogP contribution is 2.34. The van der Waals surface area contributed by atoms with Gasteiger partial charge in [0, 0.05) is 24.1 Å². The molecule has 2 fully saturated rings. The molecule has 2 bridgehead atoms. The quantitative estimate of drug-likeness (QED) is 0.874. The summed E-state index contributed by atoms with van der Waals surface area (Å²) < 4.78 is 33.8. The van der Waals surface area contributed by atoms with Gasteiger partial charge in [-0.3, -0.25) is 0 Å². The minimum absolute atomic E-state index is 0.0380. The Morgan fingerprint density at radius 1 is 1.33 bits per heavy atom. The molecule has 1 aromatic carbocycles. The minimum Gasteiger partial charge on any atom is -0.372 e. The predicted octanol–water partition coefficient (Wildman–Crippen LogP) is 1.77. The van der Waals surface area contributed by atoms with E-state index in [9.17, 15) is 8.42 Å². The van der Waals surface area contributed by atoms with Gasteiger partial charge in [-0.1, -0.05) is 6.07 Å². The van der Waals surface area contributed by atoms with Crippen LogP contribution in [0.25, 0.3) is 0 Å². The second kappa shape index (κ2) is 5.62. The Bertz CT molecular complexity index is 650. The van der Waals surface area contributed by atoms with E-state index < -0.39 is 10.0 Å². The standard InChI is InChI=1S/C14H19BrN2O3S/c1-9-4-10(6-16)5-13(14(9)15)21(18,19)17-7-11-2-3-12(8-17)20-11/h4-5,11-12H,2-3,6-8,16H2,1H3. The monoisotopic (exact) mass is 374 g/mol. The molecule has 21 heavy (non-hydrogen) atoms. The molecule has 2 aliphatic heterocycles. The van der Waals surface area contributed by atoms with Crippen molar-refractivity contribution in [1.82, 2.24) is 4.31 Å². The van der Waals surface area contributed by atoms with E-state index in [-0.39, 0.29) is 12.2 Å². The lowest BCUT2D eigenvalue weighted by atomic mass is 10.1. The fraction of sp³-hybridized carbons (Fsp3) is 0.571. The highest BCUT2D eigenvalue weighted by atomic mass is 79.9. The summed E-state index contributed by atoms with van der Waals surface area (Å²) in [4.78, 5) is 0.309. The molecule has 7 heteroatoms. The first-order chi connectivity index (χ1) is 9.91. The van der Waals surface area contributed by atoms with Crippen LogP contribution in [0.15, 0.2) is 21.5 Å². The summed E-state index contributed by atoms with van der Waals surface area (Å²) >= 11 is 3.41. The van der Waals surface area contributed by atoms with Crippen molar-refractivity contribution in [1.29, 1.82) is 0 Å². The molecule has 2 atom stereocenters. The zero-order chi connectivity index (χ0) is 15.2. The Morgan fingerprint density at radius 2 is 1.95 bits per heavy atom. The number of ether oxygens (including phenoxy) is 1. The molecule has 0 saturated carbocycles. The third-order valence-corrected chi connectivity index (χ3v) is 7.32. The molecule has 0 radical (unpaired) electrons. The Balaban J connectivity index is 2.00. The van der Waals surface area contributed by atoms with Crippen LogP contribution in [0.3, 0.4) is 0 Å². The summed E-state index contributed by atoms with van der Waals surface area (Å²) in [5.41, 5.74) is 7.38. The average Bonchev–Trinajstić information content (AvgIpc) is 2.79. The Hall–Kier alpha value is -0.470. The van der Waals surface area contributed by atoms with Gasteiger partial charge in [-0.25, -0.2) is 8.42 Å². The molecule has 2 N–H and O–H groups in total. The maximum atomic E-state index is 12.9. The van der Waals surface area contributed by atoms with Crippen LogP contribution in [0.1, 0.15) is 24.0 Å². The van der Waals surface area contributed by atoms with E-state index in [2.05, 4.69) is 15.9 Å². The van der Waals surface area contributed by atoms with Gasteiger partial charge in [-0.05, 0) is 52.9 Å². The second-order valence-corrected chi connectivity index (χ2v) is 8.41. The van der Waals surface area contributed by atoms with Crippen molar-refractivity contribution in [2.75, 3.05) is 13.1 Å². The first-order valence-electron chi connectivity index (χ1n) is 7.06. The highest BCUT2D eigenvalue weighted by molar-refractivity contribution is 9.10. The maximum Gasteiger partial charge on any atom is 0.244 e. The fourth-order valence-corrected chi connectivity index (χ4v) is 5.56. The Kier molecular flexibility index (Phi) is 4.13. The van der Waals surface area contributed by atoms with Crippen LogP contribution in [0.5, 0.6) is 0 Å².